The third-order valence-electron chi connectivity index (χ3n) is 1.71. The maximum atomic E-state index is 3.43. The normalized spacial score (nSPS) is 9.42. The van der Waals surface area contributed by atoms with Crippen LogP contribution in [0.4, 0.5) is 0 Å². The van der Waals surface area contributed by atoms with Gasteiger partial charge in [-0.1, -0.05) is 46.3 Å². The molecule has 0 aliphatic rings. The first-order valence-corrected chi connectivity index (χ1v) is 4.30. The van der Waals surface area contributed by atoms with Crippen molar-refractivity contribution in [1.82, 2.24) is 0 Å². The smallest absolute Gasteiger partial charge is 1.00 e. The van der Waals surface area contributed by atoms with Crippen LogP contribution in [0.1, 0.15) is 1.43 Å². The van der Waals surface area contributed by atoms with Gasteiger partial charge in [-0.25, -0.2) is 0 Å². The molecule has 2 aromatic rings. The van der Waals surface area contributed by atoms with Gasteiger partial charge in [-0.3, -0.25) is 0 Å². The van der Waals surface area contributed by atoms with Gasteiger partial charge in [0.1, 0.15) is 0 Å². The fraction of sp³-hybridized carbons (Fsp3) is 0. The zero-order valence-corrected chi connectivity index (χ0v) is 10.5. The molecule has 12 heavy (non-hydrogen) atoms. The molecular weight excluding hydrogens is 223 g/mol. The van der Waals surface area contributed by atoms with Crippen LogP contribution in [0.15, 0.2) is 46.9 Å². The molecule has 0 spiro atoms. The summed E-state index contributed by atoms with van der Waals surface area (Å²) in [5.41, 5.74) is 0. The largest absolute Gasteiger partial charge is 1.00 e. The minimum Gasteiger partial charge on any atom is -1.00 e. The van der Waals surface area contributed by atoms with Gasteiger partial charge >= 0.3 is 29.6 Å². The van der Waals surface area contributed by atoms with Crippen molar-refractivity contribution in [2.75, 3.05) is 0 Å². The average Bonchev–Trinajstić information content (AvgIpc) is 2.04. The molecule has 0 heterocycles. The monoisotopic (exact) mass is 230 g/mol. The Labute approximate surface area is 104 Å². The Morgan fingerprint density at radius 1 is 0.917 bits per heavy atom. The predicted molar refractivity (Wildman–Crippen MR) is 52.8 cm³/mol. The second kappa shape index (κ2) is 4.43. The van der Waals surface area contributed by atoms with E-state index >= 15 is 0 Å². The first-order chi connectivity index (χ1) is 5.36. The third-order valence-corrected chi connectivity index (χ3v) is 2.20. The quantitative estimate of drug-likeness (QED) is 0.586. The molecule has 0 aromatic heterocycles. The standard InChI is InChI=1S/C10H7Br.Na.H/c11-10-6-5-8-3-1-2-4-9(8)7-10;;/h1-7H;;/q;+1;-1. The summed E-state index contributed by atoms with van der Waals surface area (Å²) in [6.07, 6.45) is 0. The van der Waals surface area contributed by atoms with Crippen LogP contribution in [0, 0.1) is 0 Å². The van der Waals surface area contributed by atoms with Crippen LogP contribution in [0.2, 0.25) is 0 Å². The molecule has 0 amide bonds. The molecule has 0 saturated carbocycles. The molecule has 0 fully saturated rings. The molecule has 0 atom stereocenters. The van der Waals surface area contributed by atoms with Crippen molar-refractivity contribution >= 4 is 26.7 Å². The van der Waals surface area contributed by atoms with Crippen LogP contribution >= 0.6 is 15.9 Å². The molecule has 0 aliphatic heterocycles. The second-order valence-electron chi connectivity index (χ2n) is 2.49. The Morgan fingerprint density at radius 2 is 1.58 bits per heavy atom. The van der Waals surface area contributed by atoms with Crippen LogP contribution in [-0.2, 0) is 0 Å². The van der Waals surface area contributed by atoms with Crippen molar-refractivity contribution in [1.29, 1.82) is 0 Å². The maximum Gasteiger partial charge on any atom is 1.00 e. The molecular formula is C10H8BrNa. The summed E-state index contributed by atoms with van der Waals surface area (Å²) in [7, 11) is 0. The van der Waals surface area contributed by atoms with Crippen molar-refractivity contribution in [2.24, 2.45) is 0 Å². The van der Waals surface area contributed by atoms with Crippen LogP contribution in [-0.4, -0.2) is 0 Å². The minimum atomic E-state index is 0. The number of hydrogen-bond acceptors (Lipinski definition) is 0. The number of rotatable bonds is 0. The summed E-state index contributed by atoms with van der Waals surface area (Å²) in [6.45, 7) is 0. The fourth-order valence-electron chi connectivity index (χ4n) is 1.16. The fourth-order valence-corrected chi connectivity index (χ4v) is 1.54. The topological polar surface area (TPSA) is 0 Å². The van der Waals surface area contributed by atoms with Crippen molar-refractivity contribution in [3.05, 3.63) is 46.9 Å². The Bertz CT molecular complexity index is 389. The average molecular weight is 231 g/mol. The van der Waals surface area contributed by atoms with Gasteiger partial charge in [0.05, 0.1) is 0 Å². The first-order valence-electron chi connectivity index (χ1n) is 3.50. The Balaban J connectivity index is 0.000000720. The molecule has 2 aromatic carbocycles. The molecule has 0 radical (unpaired) electrons. The van der Waals surface area contributed by atoms with E-state index in [1.807, 2.05) is 0 Å². The van der Waals surface area contributed by atoms with E-state index in [1.165, 1.54) is 10.8 Å². The second-order valence-corrected chi connectivity index (χ2v) is 3.41. The van der Waals surface area contributed by atoms with Crippen molar-refractivity contribution in [2.45, 2.75) is 0 Å². The number of hydrogen-bond donors (Lipinski definition) is 0. The summed E-state index contributed by atoms with van der Waals surface area (Å²) >= 11 is 3.43. The van der Waals surface area contributed by atoms with E-state index in [-0.39, 0.29) is 31.0 Å². The van der Waals surface area contributed by atoms with Gasteiger partial charge in [-0.2, -0.15) is 0 Å². The molecule has 0 saturated heterocycles. The van der Waals surface area contributed by atoms with E-state index in [0.717, 1.165) is 4.47 Å². The Kier molecular flexibility index (Phi) is 3.78. The van der Waals surface area contributed by atoms with E-state index in [0.29, 0.717) is 0 Å². The van der Waals surface area contributed by atoms with Gasteiger partial charge in [-0.15, -0.1) is 0 Å². The summed E-state index contributed by atoms with van der Waals surface area (Å²) < 4.78 is 1.14. The van der Waals surface area contributed by atoms with Crippen molar-refractivity contribution in [3.8, 4) is 0 Å². The van der Waals surface area contributed by atoms with E-state index in [1.54, 1.807) is 0 Å². The molecule has 0 bridgehead atoms. The van der Waals surface area contributed by atoms with Crippen LogP contribution < -0.4 is 29.6 Å². The van der Waals surface area contributed by atoms with Crippen LogP contribution in [0.3, 0.4) is 0 Å². The SMILES string of the molecule is Brc1ccc2ccccc2c1.[H-].[Na+]. The van der Waals surface area contributed by atoms with E-state index in [9.17, 15) is 0 Å². The van der Waals surface area contributed by atoms with Gasteiger partial charge in [0.2, 0.25) is 0 Å². The van der Waals surface area contributed by atoms with E-state index in [2.05, 4.69) is 58.4 Å². The van der Waals surface area contributed by atoms with Gasteiger partial charge in [0.15, 0.2) is 0 Å². The molecule has 0 N–H and O–H groups in total. The molecule has 0 aliphatic carbocycles. The zero-order valence-electron chi connectivity index (χ0n) is 7.92. The number of fused-ring (bicyclic) bond motifs is 1. The number of halogens is 1. The van der Waals surface area contributed by atoms with E-state index < -0.39 is 0 Å². The third kappa shape index (κ3) is 2.11. The predicted octanol–water partition coefficient (Wildman–Crippen LogP) is 0.719. The van der Waals surface area contributed by atoms with Gasteiger partial charge in [0.25, 0.3) is 0 Å². The molecule has 0 unspecified atom stereocenters. The maximum absolute atomic E-state index is 3.43. The number of benzene rings is 2. The van der Waals surface area contributed by atoms with Gasteiger partial charge in [-0.05, 0) is 22.9 Å². The summed E-state index contributed by atoms with van der Waals surface area (Å²) in [5, 5.41) is 2.57. The minimum absolute atomic E-state index is 0. The van der Waals surface area contributed by atoms with Crippen LogP contribution in [0.25, 0.3) is 10.8 Å². The molecule has 56 valence electrons. The molecule has 2 rings (SSSR count). The summed E-state index contributed by atoms with van der Waals surface area (Å²) in [6, 6.07) is 14.6. The van der Waals surface area contributed by atoms with Crippen molar-refractivity contribution in [3.63, 3.8) is 0 Å². The van der Waals surface area contributed by atoms with Gasteiger partial charge < -0.3 is 1.43 Å². The summed E-state index contributed by atoms with van der Waals surface area (Å²) in [4.78, 5) is 0. The van der Waals surface area contributed by atoms with E-state index in [4.69, 9.17) is 0 Å². The summed E-state index contributed by atoms with van der Waals surface area (Å²) in [5.74, 6) is 0. The van der Waals surface area contributed by atoms with Crippen molar-refractivity contribution < 1.29 is 31.0 Å². The van der Waals surface area contributed by atoms with Gasteiger partial charge in [0, 0.05) is 4.47 Å². The first kappa shape index (κ1) is 10.3. The van der Waals surface area contributed by atoms with Crippen LogP contribution in [0.5, 0.6) is 0 Å². The Hall–Kier alpha value is 0.180. The zero-order chi connectivity index (χ0) is 7.68. The molecule has 0 nitrogen and oxygen atoms in total. The Morgan fingerprint density at radius 3 is 2.33 bits per heavy atom. The molecule has 2 heteroatoms.